The molecule has 178 valence electrons. The first-order chi connectivity index (χ1) is 16.3. The zero-order valence-electron chi connectivity index (χ0n) is 18.9. The van der Waals surface area contributed by atoms with Gasteiger partial charge in [-0.3, -0.25) is 14.9 Å². The number of nitro groups is 1. The number of hydrogen-bond donors (Lipinski definition) is 1. The largest absolute Gasteiger partial charge is 0.494 e. The fourth-order valence-electron chi connectivity index (χ4n) is 2.97. The van der Waals surface area contributed by atoms with Crippen LogP contribution >= 0.6 is 0 Å². The maximum Gasteiger partial charge on any atom is 0.329 e. The summed E-state index contributed by atoms with van der Waals surface area (Å²) in [6.07, 6.45) is 0. The third kappa shape index (κ3) is 6.15. The van der Waals surface area contributed by atoms with Crippen LogP contribution in [-0.4, -0.2) is 39.6 Å². The molecule has 1 heterocycles. The van der Waals surface area contributed by atoms with Gasteiger partial charge in [0.1, 0.15) is 11.8 Å². The van der Waals surface area contributed by atoms with Crippen LogP contribution in [0.1, 0.15) is 37.0 Å². The van der Waals surface area contributed by atoms with Gasteiger partial charge in [0.25, 0.3) is 17.5 Å². The number of carbonyl (C=O) groups excluding carboxylic acids is 2. The molecule has 1 amide bonds. The van der Waals surface area contributed by atoms with Crippen molar-refractivity contribution in [2.75, 3.05) is 6.61 Å². The molecule has 34 heavy (non-hydrogen) atoms. The Morgan fingerprint density at radius 3 is 2.35 bits per heavy atom. The quantitative estimate of drug-likeness (QED) is 0.268. The molecule has 0 aliphatic carbocycles. The molecule has 1 atom stereocenters. The van der Waals surface area contributed by atoms with Gasteiger partial charge in [-0.05, 0) is 49.2 Å². The van der Waals surface area contributed by atoms with Crippen LogP contribution in [0.3, 0.4) is 0 Å². The number of ether oxygens (including phenoxy) is 2. The molecule has 11 heteroatoms. The van der Waals surface area contributed by atoms with Crippen molar-refractivity contribution in [2.45, 2.75) is 33.4 Å². The van der Waals surface area contributed by atoms with Crippen LogP contribution in [0.15, 0.2) is 52.9 Å². The second-order valence-electron chi connectivity index (χ2n) is 7.57. The summed E-state index contributed by atoms with van der Waals surface area (Å²) in [6, 6.07) is 11.3. The van der Waals surface area contributed by atoms with E-state index in [1.807, 2.05) is 6.92 Å². The fourth-order valence-corrected chi connectivity index (χ4v) is 2.97. The van der Waals surface area contributed by atoms with Crippen molar-refractivity contribution in [3.05, 3.63) is 70.1 Å². The summed E-state index contributed by atoms with van der Waals surface area (Å²) < 4.78 is 16.1. The highest BCUT2D eigenvalue weighted by Crippen LogP contribution is 2.21. The number of amides is 1. The molecule has 3 rings (SSSR count). The minimum atomic E-state index is -0.892. The van der Waals surface area contributed by atoms with Gasteiger partial charge in [-0.25, -0.2) is 4.79 Å². The summed E-state index contributed by atoms with van der Waals surface area (Å²) >= 11 is 0. The molecule has 0 spiro atoms. The Labute approximate surface area is 195 Å². The Hall–Kier alpha value is -4.28. The van der Waals surface area contributed by atoms with E-state index >= 15 is 0 Å². The summed E-state index contributed by atoms with van der Waals surface area (Å²) in [5.41, 5.74) is 0.800. The first-order valence-electron chi connectivity index (χ1n) is 10.6. The van der Waals surface area contributed by atoms with E-state index in [0.717, 1.165) is 0 Å². The number of carbonyl (C=O) groups is 2. The average molecular weight is 468 g/mol. The summed E-state index contributed by atoms with van der Waals surface area (Å²) in [5, 5.41) is 21.2. The lowest BCUT2D eigenvalue weighted by Crippen LogP contribution is -2.45. The highest BCUT2D eigenvalue weighted by molar-refractivity contribution is 5.96. The Kier molecular flexibility index (Phi) is 7.91. The van der Waals surface area contributed by atoms with E-state index in [1.165, 1.54) is 24.3 Å². The topological polar surface area (TPSA) is 147 Å². The smallest absolute Gasteiger partial charge is 0.329 e. The summed E-state index contributed by atoms with van der Waals surface area (Å²) in [7, 11) is 0. The Morgan fingerprint density at radius 1 is 1.09 bits per heavy atom. The third-order valence-corrected chi connectivity index (χ3v) is 4.76. The van der Waals surface area contributed by atoms with Crippen LogP contribution < -0.4 is 10.1 Å². The van der Waals surface area contributed by atoms with Crippen LogP contribution in [0.25, 0.3) is 11.5 Å². The SMILES string of the molecule is CCOc1ccc(C(=O)NC(C(=O)OCc2nnc(-c3ccc([N+](=O)[O-])cc3)o2)C(C)C)cc1. The van der Waals surface area contributed by atoms with Gasteiger partial charge in [0.05, 0.1) is 11.5 Å². The second kappa shape index (κ2) is 11.0. The average Bonchev–Trinajstić information content (AvgIpc) is 3.30. The minimum Gasteiger partial charge on any atom is -0.494 e. The van der Waals surface area contributed by atoms with Crippen LogP contribution in [0, 0.1) is 16.0 Å². The molecule has 1 N–H and O–H groups in total. The maximum absolute atomic E-state index is 12.6. The summed E-state index contributed by atoms with van der Waals surface area (Å²) in [6.45, 7) is 5.65. The summed E-state index contributed by atoms with van der Waals surface area (Å²) in [5.74, 6) is -0.488. The lowest BCUT2D eigenvalue weighted by molar-refractivity contribution is -0.384. The molecular weight excluding hydrogens is 444 g/mol. The summed E-state index contributed by atoms with van der Waals surface area (Å²) in [4.78, 5) is 35.5. The normalized spacial score (nSPS) is 11.6. The van der Waals surface area contributed by atoms with Gasteiger partial charge in [0.15, 0.2) is 6.61 Å². The van der Waals surface area contributed by atoms with Crippen LogP contribution in [0.5, 0.6) is 5.75 Å². The Balaban J connectivity index is 1.59. The van der Waals surface area contributed by atoms with E-state index in [4.69, 9.17) is 13.9 Å². The highest BCUT2D eigenvalue weighted by atomic mass is 16.6. The van der Waals surface area contributed by atoms with Crippen LogP contribution in [0.4, 0.5) is 5.69 Å². The molecule has 1 aromatic heterocycles. The number of nitrogens with one attached hydrogen (secondary N) is 1. The van der Waals surface area contributed by atoms with E-state index in [1.54, 1.807) is 38.1 Å². The van der Waals surface area contributed by atoms with Crippen LogP contribution in [0.2, 0.25) is 0 Å². The maximum atomic E-state index is 12.6. The number of esters is 1. The number of rotatable bonds is 10. The highest BCUT2D eigenvalue weighted by Gasteiger charge is 2.27. The van der Waals surface area contributed by atoms with Gasteiger partial charge >= 0.3 is 5.97 Å². The van der Waals surface area contributed by atoms with Gasteiger partial charge < -0.3 is 19.2 Å². The number of nitrogens with zero attached hydrogens (tertiary/aromatic N) is 3. The minimum absolute atomic E-state index is 0.0436. The van der Waals surface area contributed by atoms with Crippen molar-refractivity contribution in [2.24, 2.45) is 5.92 Å². The molecule has 0 bridgehead atoms. The number of nitro benzene ring substituents is 1. The first kappa shape index (κ1) is 24.4. The Bertz CT molecular complexity index is 1140. The zero-order valence-corrected chi connectivity index (χ0v) is 18.9. The number of hydrogen-bond acceptors (Lipinski definition) is 9. The standard InChI is InChI=1S/C23H24N4O7/c1-4-32-18-11-7-15(8-12-18)21(28)24-20(14(2)3)23(29)33-13-19-25-26-22(34-19)16-5-9-17(10-6-16)27(30)31/h5-12,14,20H,4,13H2,1-3H3,(H,24,28). The first-order valence-corrected chi connectivity index (χ1v) is 10.6. The molecule has 1 unspecified atom stereocenters. The van der Waals surface area contributed by atoms with Crippen molar-refractivity contribution in [1.82, 2.24) is 15.5 Å². The monoisotopic (exact) mass is 468 g/mol. The second-order valence-corrected chi connectivity index (χ2v) is 7.57. The fraction of sp³-hybridized carbons (Fsp3) is 0.304. The molecule has 0 radical (unpaired) electrons. The molecule has 0 saturated heterocycles. The van der Waals surface area contributed by atoms with Gasteiger partial charge in [-0.1, -0.05) is 13.8 Å². The molecule has 0 aliphatic heterocycles. The van der Waals surface area contributed by atoms with Crippen molar-refractivity contribution < 1.29 is 28.4 Å². The third-order valence-electron chi connectivity index (χ3n) is 4.76. The van der Waals surface area contributed by atoms with Gasteiger partial charge in [-0.2, -0.15) is 0 Å². The number of benzene rings is 2. The van der Waals surface area contributed by atoms with Crippen molar-refractivity contribution in [3.8, 4) is 17.2 Å². The van der Waals surface area contributed by atoms with E-state index in [2.05, 4.69) is 15.5 Å². The molecule has 11 nitrogen and oxygen atoms in total. The van der Waals surface area contributed by atoms with Crippen molar-refractivity contribution >= 4 is 17.6 Å². The molecular formula is C23H24N4O7. The molecule has 3 aromatic rings. The van der Waals surface area contributed by atoms with Crippen LogP contribution in [-0.2, 0) is 16.1 Å². The van der Waals surface area contributed by atoms with Gasteiger partial charge in [0.2, 0.25) is 5.89 Å². The Morgan fingerprint density at radius 2 is 1.76 bits per heavy atom. The predicted octanol–water partition coefficient (Wildman–Crippen LogP) is 3.54. The van der Waals surface area contributed by atoms with E-state index in [0.29, 0.717) is 23.5 Å². The lowest BCUT2D eigenvalue weighted by Gasteiger charge is -2.20. The van der Waals surface area contributed by atoms with E-state index in [9.17, 15) is 19.7 Å². The lowest BCUT2D eigenvalue weighted by atomic mass is 10.0. The molecule has 0 fully saturated rings. The number of aromatic nitrogens is 2. The zero-order chi connectivity index (χ0) is 24.7. The molecule has 0 aliphatic rings. The molecule has 2 aromatic carbocycles. The predicted molar refractivity (Wildman–Crippen MR) is 120 cm³/mol. The van der Waals surface area contributed by atoms with E-state index < -0.39 is 22.8 Å². The van der Waals surface area contributed by atoms with Crippen molar-refractivity contribution in [3.63, 3.8) is 0 Å². The van der Waals surface area contributed by atoms with Gasteiger partial charge in [0, 0.05) is 23.3 Å². The van der Waals surface area contributed by atoms with Gasteiger partial charge in [-0.15, -0.1) is 10.2 Å². The molecule has 0 saturated carbocycles. The van der Waals surface area contributed by atoms with E-state index in [-0.39, 0.29) is 30.0 Å². The number of non-ortho nitro benzene ring substituents is 1. The van der Waals surface area contributed by atoms with Crippen molar-refractivity contribution in [1.29, 1.82) is 0 Å².